The summed E-state index contributed by atoms with van der Waals surface area (Å²) >= 11 is 12.0. The highest BCUT2D eigenvalue weighted by Gasteiger charge is 2.28. The van der Waals surface area contributed by atoms with Crippen molar-refractivity contribution in [3.63, 3.8) is 0 Å². The first-order valence-corrected chi connectivity index (χ1v) is 14.9. The number of nitrogens with zero attached hydrogens (tertiary/aromatic N) is 4. The third kappa shape index (κ3) is 6.91. The van der Waals surface area contributed by atoms with Gasteiger partial charge in [0, 0.05) is 34.3 Å². The van der Waals surface area contributed by atoms with Crippen molar-refractivity contribution in [3.8, 4) is 11.7 Å². The predicted molar refractivity (Wildman–Crippen MR) is 153 cm³/mol. The highest BCUT2D eigenvalue weighted by Crippen LogP contribution is 2.31. The van der Waals surface area contributed by atoms with Gasteiger partial charge in [-0.2, -0.15) is 0 Å². The molecule has 1 aliphatic heterocycles. The standard InChI is InChI=1S/C27H26Cl2N4O7S/c28-19-14-20(29)16-22(15-19)41(36,37)33(17-26(34)35)21-4-5-23-18(13-21)8-9-32(23)24-6-7-25(31-30-24)38-11-12-40-27-3-1-2-10-39-27/h4-9,13-16,27H,1-3,10-12,17H2,(H,34,35). The number of rotatable bonds is 11. The zero-order chi connectivity index (χ0) is 29.0. The van der Waals surface area contributed by atoms with Gasteiger partial charge in [-0.15, -0.1) is 10.2 Å². The van der Waals surface area contributed by atoms with Crippen LogP contribution in [0.15, 0.2) is 65.7 Å². The van der Waals surface area contributed by atoms with Crippen LogP contribution in [0.5, 0.6) is 5.88 Å². The Balaban J connectivity index is 1.33. The van der Waals surface area contributed by atoms with Crippen LogP contribution in [0.1, 0.15) is 19.3 Å². The van der Waals surface area contributed by atoms with E-state index in [0.29, 0.717) is 42.4 Å². The number of anilines is 1. The van der Waals surface area contributed by atoms with E-state index in [1.54, 1.807) is 41.1 Å². The molecule has 11 nitrogen and oxygen atoms in total. The van der Waals surface area contributed by atoms with Gasteiger partial charge in [0.2, 0.25) is 5.88 Å². The molecule has 216 valence electrons. The molecule has 41 heavy (non-hydrogen) atoms. The average Bonchev–Trinajstić information content (AvgIpc) is 3.37. The van der Waals surface area contributed by atoms with E-state index in [0.717, 1.165) is 23.6 Å². The largest absolute Gasteiger partial charge is 0.480 e. The highest BCUT2D eigenvalue weighted by molar-refractivity contribution is 7.92. The maximum absolute atomic E-state index is 13.4. The van der Waals surface area contributed by atoms with Crippen LogP contribution in [0.25, 0.3) is 16.7 Å². The Morgan fingerprint density at radius 1 is 1.05 bits per heavy atom. The molecule has 2 aromatic heterocycles. The number of aromatic nitrogens is 3. The summed E-state index contributed by atoms with van der Waals surface area (Å²) in [4.78, 5) is 11.4. The molecular weight excluding hydrogens is 595 g/mol. The van der Waals surface area contributed by atoms with Crippen LogP contribution in [-0.2, 0) is 24.3 Å². The van der Waals surface area contributed by atoms with E-state index in [-0.39, 0.29) is 26.9 Å². The number of carboxylic acids is 1. The fourth-order valence-electron chi connectivity index (χ4n) is 4.41. The lowest BCUT2D eigenvalue weighted by molar-refractivity contribution is -0.165. The number of halogens is 2. The SMILES string of the molecule is O=C(O)CN(c1ccc2c(ccn2-c2ccc(OCCOC3CCCCO3)nn2)c1)S(=O)(=O)c1cc(Cl)cc(Cl)c1. The third-order valence-electron chi connectivity index (χ3n) is 6.31. The van der Waals surface area contributed by atoms with Crippen molar-refractivity contribution in [1.82, 2.24) is 14.8 Å². The summed E-state index contributed by atoms with van der Waals surface area (Å²) < 4.78 is 46.2. The molecule has 0 aliphatic carbocycles. The molecule has 1 aliphatic rings. The molecule has 0 bridgehead atoms. The maximum atomic E-state index is 13.4. The molecule has 1 unspecified atom stereocenters. The molecule has 14 heteroatoms. The van der Waals surface area contributed by atoms with Crippen molar-refractivity contribution in [3.05, 3.63) is 70.8 Å². The Morgan fingerprint density at radius 3 is 2.54 bits per heavy atom. The molecule has 2 aromatic carbocycles. The van der Waals surface area contributed by atoms with Crippen LogP contribution in [0.2, 0.25) is 10.0 Å². The lowest BCUT2D eigenvalue weighted by Gasteiger charge is -2.23. The highest BCUT2D eigenvalue weighted by atomic mass is 35.5. The minimum Gasteiger partial charge on any atom is -0.480 e. The first kappa shape index (κ1) is 29.1. The van der Waals surface area contributed by atoms with Crippen molar-refractivity contribution in [2.45, 2.75) is 30.4 Å². The smallest absolute Gasteiger partial charge is 0.324 e. The second kappa shape index (κ2) is 12.6. The van der Waals surface area contributed by atoms with Gasteiger partial charge in [-0.1, -0.05) is 23.2 Å². The average molecular weight is 621 g/mol. The van der Waals surface area contributed by atoms with Gasteiger partial charge in [0.1, 0.15) is 13.2 Å². The van der Waals surface area contributed by atoms with E-state index in [4.69, 9.17) is 37.4 Å². The fraction of sp³-hybridized carbons (Fsp3) is 0.296. The monoisotopic (exact) mass is 620 g/mol. The van der Waals surface area contributed by atoms with E-state index in [9.17, 15) is 18.3 Å². The van der Waals surface area contributed by atoms with E-state index in [1.165, 1.54) is 24.3 Å². The molecule has 4 aromatic rings. The zero-order valence-electron chi connectivity index (χ0n) is 21.7. The van der Waals surface area contributed by atoms with Gasteiger partial charge in [-0.3, -0.25) is 13.7 Å². The Morgan fingerprint density at radius 2 is 1.85 bits per heavy atom. The molecule has 1 N–H and O–H groups in total. The number of hydrogen-bond acceptors (Lipinski definition) is 8. The van der Waals surface area contributed by atoms with E-state index < -0.39 is 22.5 Å². The summed E-state index contributed by atoms with van der Waals surface area (Å²) in [5.74, 6) is -0.474. The lowest BCUT2D eigenvalue weighted by atomic mass is 10.2. The number of fused-ring (bicyclic) bond motifs is 1. The summed E-state index contributed by atoms with van der Waals surface area (Å²) in [6, 6.07) is 13.8. The molecule has 3 heterocycles. The van der Waals surface area contributed by atoms with E-state index in [2.05, 4.69) is 10.2 Å². The molecule has 1 saturated heterocycles. The zero-order valence-corrected chi connectivity index (χ0v) is 24.0. The molecule has 0 saturated carbocycles. The van der Waals surface area contributed by atoms with Crippen LogP contribution in [0.3, 0.4) is 0 Å². The number of hydrogen-bond donors (Lipinski definition) is 1. The van der Waals surface area contributed by atoms with E-state index >= 15 is 0 Å². The van der Waals surface area contributed by atoms with Gasteiger partial charge in [0.15, 0.2) is 12.1 Å². The summed E-state index contributed by atoms with van der Waals surface area (Å²) in [7, 11) is -4.30. The summed E-state index contributed by atoms with van der Waals surface area (Å²) in [6.07, 6.45) is 4.59. The Labute approximate surface area is 246 Å². The third-order valence-corrected chi connectivity index (χ3v) is 8.50. The molecule has 5 rings (SSSR count). The maximum Gasteiger partial charge on any atom is 0.324 e. The minimum absolute atomic E-state index is 0.110. The van der Waals surface area contributed by atoms with Crippen molar-refractivity contribution in [2.24, 2.45) is 0 Å². The number of benzene rings is 2. The van der Waals surface area contributed by atoms with Crippen molar-refractivity contribution in [2.75, 3.05) is 30.7 Å². The first-order chi connectivity index (χ1) is 19.7. The van der Waals surface area contributed by atoms with Crippen LogP contribution in [0.4, 0.5) is 5.69 Å². The molecule has 1 fully saturated rings. The number of ether oxygens (including phenoxy) is 3. The van der Waals surface area contributed by atoms with Gasteiger partial charge in [-0.25, -0.2) is 8.42 Å². The summed E-state index contributed by atoms with van der Waals surface area (Å²) in [5, 5.41) is 18.7. The quantitative estimate of drug-likeness (QED) is 0.232. The van der Waals surface area contributed by atoms with Crippen LogP contribution >= 0.6 is 23.2 Å². The fourth-order valence-corrected chi connectivity index (χ4v) is 6.55. The van der Waals surface area contributed by atoms with Crippen molar-refractivity contribution in [1.29, 1.82) is 0 Å². The molecular formula is C27H26Cl2N4O7S. The number of sulfonamides is 1. The van der Waals surface area contributed by atoms with Crippen LogP contribution in [0, 0.1) is 0 Å². The Bertz CT molecular complexity index is 1620. The van der Waals surface area contributed by atoms with Crippen LogP contribution in [-0.4, -0.2) is 66.9 Å². The second-order valence-electron chi connectivity index (χ2n) is 9.18. The first-order valence-electron chi connectivity index (χ1n) is 12.7. The number of carboxylic acid groups (broad SMARTS) is 1. The molecule has 1 atom stereocenters. The topological polar surface area (TPSA) is 133 Å². The van der Waals surface area contributed by atoms with Gasteiger partial charge in [0.25, 0.3) is 10.0 Å². The predicted octanol–water partition coefficient (Wildman–Crippen LogP) is 4.93. The van der Waals surface area contributed by atoms with Gasteiger partial charge < -0.3 is 19.3 Å². The number of aliphatic carboxylic acids is 1. The summed E-state index contributed by atoms with van der Waals surface area (Å²) in [6.45, 7) is 0.591. The van der Waals surface area contributed by atoms with Crippen molar-refractivity contribution >= 4 is 55.8 Å². The minimum atomic E-state index is -4.30. The summed E-state index contributed by atoms with van der Waals surface area (Å²) in [5.41, 5.74) is 0.862. The van der Waals surface area contributed by atoms with Gasteiger partial charge in [-0.05, 0) is 67.8 Å². The Hall–Kier alpha value is -3.42. The van der Waals surface area contributed by atoms with Crippen LogP contribution < -0.4 is 9.04 Å². The normalized spacial score (nSPS) is 15.6. The Kier molecular flexibility index (Phi) is 8.95. The second-order valence-corrected chi connectivity index (χ2v) is 11.9. The molecule has 0 spiro atoms. The van der Waals surface area contributed by atoms with E-state index in [1.807, 2.05) is 0 Å². The molecule has 0 amide bonds. The lowest BCUT2D eigenvalue weighted by Crippen LogP contribution is -2.35. The molecule has 0 radical (unpaired) electrons. The van der Waals surface area contributed by atoms with Crippen molar-refractivity contribution < 1.29 is 32.5 Å². The van der Waals surface area contributed by atoms with Gasteiger partial charge >= 0.3 is 5.97 Å². The van der Waals surface area contributed by atoms with Gasteiger partial charge in [0.05, 0.1) is 22.7 Å². The number of carbonyl (C=O) groups is 1.